The predicted molar refractivity (Wildman–Crippen MR) is 53.3 cm³/mol. The first-order valence-electron chi connectivity index (χ1n) is 5.27. The van der Waals surface area contributed by atoms with Crippen LogP contribution in [0.5, 0.6) is 5.75 Å². The molecule has 2 aliphatic rings. The van der Waals surface area contributed by atoms with Gasteiger partial charge in [-0.25, -0.2) is 0 Å². The fourth-order valence-corrected chi connectivity index (χ4v) is 2.54. The van der Waals surface area contributed by atoms with Crippen LogP contribution in [0.1, 0.15) is 36.0 Å². The second-order valence-corrected chi connectivity index (χ2v) is 4.48. The second kappa shape index (κ2) is 2.51. The van der Waals surface area contributed by atoms with Crippen molar-refractivity contribution >= 4 is 0 Å². The molecule has 2 aliphatic carbocycles. The van der Waals surface area contributed by atoms with Gasteiger partial charge in [0.05, 0.1) is 5.60 Å². The van der Waals surface area contributed by atoms with Gasteiger partial charge >= 0.3 is 0 Å². The molecule has 0 saturated heterocycles. The van der Waals surface area contributed by atoms with E-state index in [0.29, 0.717) is 0 Å². The van der Waals surface area contributed by atoms with Gasteiger partial charge in [-0.1, -0.05) is 6.07 Å². The first-order valence-corrected chi connectivity index (χ1v) is 5.27. The van der Waals surface area contributed by atoms with E-state index in [0.717, 1.165) is 37.7 Å². The zero-order valence-electron chi connectivity index (χ0n) is 8.08. The van der Waals surface area contributed by atoms with Crippen molar-refractivity contribution in [1.29, 1.82) is 0 Å². The van der Waals surface area contributed by atoms with Gasteiger partial charge in [-0.05, 0) is 49.3 Å². The summed E-state index contributed by atoms with van der Waals surface area (Å²) in [6.07, 6.45) is 4.87. The molecule has 0 bridgehead atoms. The molecule has 3 rings (SSSR count). The third-order valence-electron chi connectivity index (χ3n) is 3.45. The Bertz CT molecular complexity index is 392. The summed E-state index contributed by atoms with van der Waals surface area (Å²) < 4.78 is 0. The Kier molecular flexibility index (Phi) is 1.49. The van der Waals surface area contributed by atoms with Crippen LogP contribution in [-0.4, -0.2) is 10.2 Å². The van der Waals surface area contributed by atoms with E-state index in [-0.39, 0.29) is 5.75 Å². The summed E-state index contributed by atoms with van der Waals surface area (Å²) in [5.41, 5.74) is 2.66. The lowest BCUT2D eigenvalue weighted by molar-refractivity contribution is 0.147. The lowest BCUT2D eigenvalue weighted by Crippen LogP contribution is -2.08. The molecule has 0 heterocycles. The van der Waals surface area contributed by atoms with E-state index in [1.54, 1.807) is 6.07 Å². The van der Waals surface area contributed by atoms with Crippen LogP contribution >= 0.6 is 0 Å². The molecule has 2 heteroatoms. The largest absolute Gasteiger partial charge is 0.508 e. The second-order valence-electron chi connectivity index (χ2n) is 4.48. The van der Waals surface area contributed by atoms with Crippen LogP contribution in [-0.2, 0) is 18.4 Å². The highest BCUT2D eigenvalue weighted by atomic mass is 16.3. The minimum atomic E-state index is -0.695. The van der Waals surface area contributed by atoms with Gasteiger partial charge in [-0.2, -0.15) is 0 Å². The molecule has 1 fully saturated rings. The third kappa shape index (κ3) is 1.01. The van der Waals surface area contributed by atoms with E-state index in [2.05, 4.69) is 0 Å². The van der Waals surface area contributed by atoms with E-state index >= 15 is 0 Å². The summed E-state index contributed by atoms with van der Waals surface area (Å²) in [6, 6.07) is 3.72. The quantitative estimate of drug-likeness (QED) is 0.709. The Balaban J connectivity index is 2.21. The van der Waals surface area contributed by atoms with Crippen molar-refractivity contribution in [1.82, 2.24) is 0 Å². The molecule has 0 unspecified atom stereocenters. The molecule has 1 aromatic carbocycles. The predicted octanol–water partition coefficient (Wildman–Crippen LogP) is 1.86. The smallest absolute Gasteiger partial charge is 0.121 e. The van der Waals surface area contributed by atoms with Crippen LogP contribution in [0.15, 0.2) is 12.1 Å². The molecule has 0 spiro atoms. The van der Waals surface area contributed by atoms with Gasteiger partial charge in [-0.15, -0.1) is 0 Å². The lowest BCUT2D eigenvalue weighted by Gasteiger charge is -2.15. The number of phenols is 1. The van der Waals surface area contributed by atoms with E-state index in [1.165, 1.54) is 11.1 Å². The van der Waals surface area contributed by atoms with Gasteiger partial charge in [0.1, 0.15) is 5.75 Å². The molecule has 1 aromatic rings. The molecule has 2 nitrogen and oxygen atoms in total. The van der Waals surface area contributed by atoms with Crippen LogP contribution in [0.2, 0.25) is 0 Å². The summed E-state index contributed by atoms with van der Waals surface area (Å²) in [5, 5.41) is 19.9. The molecule has 0 atom stereocenters. The highest BCUT2D eigenvalue weighted by Gasteiger charge is 2.46. The Morgan fingerprint density at radius 3 is 2.64 bits per heavy atom. The number of fused-ring (bicyclic) bond motifs is 1. The minimum Gasteiger partial charge on any atom is -0.508 e. The van der Waals surface area contributed by atoms with Crippen molar-refractivity contribution in [3.63, 3.8) is 0 Å². The van der Waals surface area contributed by atoms with E-state index in [9.17, 15) is 10.2 Å². The zero-order chi connectivity index (χ0) is 9.76. The molecule has 0 amide bonds. The van der Waals surface area contributed by atoms with Gasteiger partial charge in [-0.3, -0.25) is 0 Å². The van der Waals surface area contributed by atoms with Gasteiger partial charge in [0.2, 0.25) is 0 Å². The van der Waals surface area contributed by atoms with Crippen molar-refractivity contribution in [2.45, 2.75) is 37.7 Å². The van der Waals surface area contributed by atoms with Gasteiger partial charge < -0.3 is 10.2 Å². The Hall–Kier alpha value is -1.02. The average Bonchev–Trinajstić information content (AvgIpc) is 2.74. The average molecular weight is 190 g/mol. The van der Waals surface area contributed by atoms with E-state index in [4.69, 9.17) is 0 Å². The van der Waals surface area contributed by atoms with Crippen molar-refractivity contribution < 1.29 is 10.2 Å². The van der Waals surface area contributed by atoms with Crippen LogP contribution in [0.25, 0.3) is 0 Å². The van der Waals surface area contributed by atoms with Crippen LogP contribution < -0.4 is 0 Å². The highest BCUT2D eigenvalue weighted by molar-refractivity contribution is 5.51. The summed E-state index contributed by atoms with van der Waals surface area (Å²) >= 11 is 0. The number of hydrogen-bond acceptors (Lipinski definition) is 2. The summed E-state index contributed by atoms with van der Waals surface area (Å²) in [7, 11) is 0. The van der Waals surface area contributed by atoms with Crippen molar-refractivity contribution in [2.75, 3.05) is 0 Å². The zero-order valence-corrected chi connectivity index (χ0v) is 8.08. The van der Waals surface area contributed by atoms with Crippen molar-refractivity contribution in [3.8, 4) is 5.75 Å². The van der Waals surface area contributed by atoms with Gasteiger partial charge in [0.15, 0.2) is 0 Å². The summed E-state index contributed by atoms with van der Waals surface area (Å²) in [4.78, 5) is 0. The van der Waals surface area contributed by atoms with E-state index in [1.807, 2.05) is 6.07 Å². The summed E-state index contributed by atoms with van der Waals surface area (Å²) in [5.74, 6) is 0.283. The number of hydrogen-bond donors (Lipinski definition) is 2. The molecular weight excluding hydrogens is 176 g/mol. The standard InChI is InChI=1S/C12H14O2/c13-10-5-4-8-2-1-3-9(8)11(10)12(14)6-7-12/h4-5,13-14H,1-3,6-7H2. The van der Waals surface area contributed by atoms with Crippen molar-refractivity contribution in [2.24, 2.45) is 0 Å². The molecule has 74 valence electrons. The van der Waals surface area contributed by atoms with Crippen LogP contribution in [0.3, 0.4) is 0 Å². The lowest BCUT2D eigenvalue weighted by atomic mass is 9.96. The topological polar surface area (TPSA) is 40.5 Å². The Labute approximate surface area is 83.2 Å². The Morgan fingerprint density at radius 2 is 1.93 bits per heavy atom. The number of aromatic hydroxyl groups is 1. The van der Waals surface area contributed by atoms with E-state index < -0.39 is 5.60 Å². The number of benzene rings is 1. The number of aryl methyl sites for hydroxylation is 1. The molecule has 1 saturated carbocycles. The SMILES string of the molecule is Oc1ccc2c(c1C1(O)CC1)CCC2. The molecule has 0 radical (unpaired) electrons. The molecule has 14 heavy (non-hydrogen) atoms. The maximum absolute atomic E-state index is 10.1. The number of aliphatic hydroxyl groups is 1. The van der Waals surface area contributed by atoms with Crippen LogP contribution in [0.4, 0.5) is 0 Å². The molecular formula is C12H14O2. The number of phenolic OH excluding ortho intramolecular Hbond substituents is 1. The number of rotatable bonds is 1. The van der Waals surface area contributed by atoms with Gasteiger partial charge in [0, 0.05) is 5.56 Å². The Morgan fingerprint density at radius 1 is 1.14 bits per heavy atom. The third-order valence-corrected chi connectivity index (χ3v) is 3.45. The molecule has 2 N–H and O–H groups in total. The molecule has 0 aliphatic heterocycles. The monoisotopic (exact) mass is 190 g/mol. The minimum absolute atomic E-state index is 0.283. The first-order chi connectivity index (χ1) is 6.71. The highest BCUT2D eigenvalue weighted by Crippen LogP contribution is 2.51. The fraction of sp³-hybridized carbons (Fsp3) is 0.500. The maximum atomic E-state index is 10.1. The van der Waals surface area contributed by atoms with Gasteiger partial charge in [0.25, 0.3) is 0 Å². The summed E-state index contributed by atoms with van der Waals surface area (Å²) in [6.45, 7) is 0. The maximum Gasteiger partial charge on any atom is 0.121 e. The first kappa shape index (κ1) is 8.30. The fourth-order valence-electron chi connectivity index (χ4n) is 2.54. The van der Waals surface area contributed by atoms with Crippen molar-refractivity contribution in [3.05, 3.63) is 28.8 Å². The molecule has 0 aromatic heterocycles. The normalized spacial score (nSPS) is 22.1. The van der Waals surface area contributed by atoms with Crippen LogP contribution in [0, 0.1) is 0 Å².